The zero-order valence-corrected chi connectivity index (χ0v) is 30.8. The van der Waals surface area contributed by atoms with Crippen molar-refractivity contribution >= 4 is 63.2 Å². The first-order chi connectivity index (χ1) is 26.3. The molecular formula is C48H35ClN4O. The predicted molar refractivity (Wildman–Crippen MR) is 225 cm³/mol. The van der Waals surface area contributed by atoms with Crippen molar-refractivity contribution in [1.82, 2.24) is 19.9 Å². The van der Waals surface area contributed by atoms with Crippen molar-refractivity contribution in [1.29, 1.82) is 0 Å². The zero-order chi connectivity index (χ0) is 36.9. The first-order valence-electron chi connectivity index (χ1n) is 18.0. The van der Waals surface area contributed by atoms with Crippen LogP contribution in [0.4, 0.5) is 0 Å². The molecule has 2 N–H and O–H groups in total. The number of hydrogen-bond acceptors (Lipinski definition) is 3. The lowest BCUT2D eigenvalue weighted by Gasteiger charge is -2.08. The standard InChI is InChI=1S/C48H35ClN4O/c1-28-4-10-31(11-5-28)44-36-20-22-38(50-36)45(32-12-6-29(2)7-13-32)40-24-26-42(52-40)47(34-16-18-35(19-17-34)48(49)54)43-27-25-41(53-43)46(39-23-21-37(44)51-39)33-14-8-30(3)9-15-33/h4-27,50,53H,1-3H3. The Kier molecular flexibility index (Phi) is 8.29. The van der Waals surface area contributed by atoms with E-state index < -0.39 is 5.24 Å². The van der Waals surface area contributed by atoms with Crippen molar-refractivity contribution in [3.8, 4) is 44.5 Å². The number of H-pyrrole nitrogens is 2. The van der Waals surface area contributed by atoms with E-state index in [4.69, 9.17) is 21.6 Å². The molecule has 0 spiro atoms. The van der Waals surface area contributed by atoms with Crippen LogP contribution in [0.25, 0.3) is 90.9 Å². The molecule has 0 atom stereocenters. The molecule has 0 radical (unpaired) electrons. The van der Waals surface area contributed by atoms with Gasteiger partial charge in [-0.1, -0.05) is 102 Å². The topological polar surface area (TPSA) is 74.4 Å². The molecule has 0 aliphatic carbocycles. The minimum absolute atomic E-state index is 0.435. The molecule has 6 heteroatoms. The van der Waals surface area contributed by atoms with Crippen molar-refractivity contribution in [2.24, 2.45) is 0 Å². The lowest BCUT2D eigenvalue weighted by Crippen LogP contribution is -1.91. The van der Waals surface area contributed by atoms with Crippen LogP contribution in [0.2, 0.25) is 0 Å². The average molecular weight is 719 g/mol. The molecule has 2 aliphatic heterocycles. The number of benzene rings is 4. The summed E-state index contributed by atoms with van der Waals surface area (Å²) in [4.78, 5) is 30.4. The molecule has 3 aromatic heterocycles. The Balaban J connectivity index is 1.45. The first kappa shape index (κ1) is 33.3. The molecule has 4 aromatic carbocycles. The van der Waals surface area contributed by atoms with Crippen LogP contribution >= 0.6 is 11.6 Å². The molecular weight excluding hydrogens is 684 g/mol. The van der Waals surface area contributed by atoms with Crippen LogP contribution in [0.3, 0.4) is 0 Å². The van der Waals surface area contributed by atoms with E-state index in [0.717, 1.165) is 89.4 Å². The SMILES string of the molecule is Cc1ccc(-c2c3nc(c(-c4ccc(C)cc4)c4ccc([nH]4)c(-c4ccc(C(=O)Cl)cc4)c4nc(c(-c5ccc(C)cc5)c5ccc2[nH]5)C=C4)C=C3)cc1. The van der Waals surface area contributed by atoms with Gasteiger partial charge in [0.15, 0.2) is 0 Å². The van der Waals surface area contributed by atoms with Gasteiger partial charge in [0.05, 0.1) is 22.8 Å². The Morgan fingerprint density at radius 3 is 0.926 bits per heavy atom. The molecule has 2 aliphatic rings. The van der Waals surface area contributed by atoms with Gasteiger partial charge < -0.3 is 9.97 Å². The second kappa shape index (κ2) is 13.4. The number of carbonyl (C=O) groups is 1. The van der Waals surface area contributed by atoms with Crippen molar-refractivity contribution in [2.45, 2.75) is 20.8 Å². The number of carbonyl (C=O) groups excluding carboxylic acids is 1. The molecule has 9 rings (SSSR count). The number of nitrogens with zero attached hydrogens (tertiary/aromatic N) is 2. The van der Waals surface area contributed by atoms with Crippen LogP contribution in [0, 0.1) is 20.8 Å². The van der Waals surface area contributed by atoms with E-state index in [2.05, 4.69) is 152 Å². The maximum Gasteiger partial charge on any atom is 0.252 e. The highest BCUT2D eigenvalue weighted by atomic mass is 35.5. The number of nitrogens with one attached hydrogen (secondary N) is 2. The summed E-state index contributed by atoms with van der Waals surface area (Å²) in [6, 6.07) is 41.7. The van der Waals surface area contributed by atoms with E-state index >= 15 is 0 Å². The number of fused-ring (bicyclic) bond motifs is 8. The summed E-state index contributed by atoms with van der Waals surface area (Å²) in [5, 5.41) is -0.496. The fraction of sp³-hybridized carbons (Fsp3) is 0.0625. The third-order valence-electron chi connectivity index (χ3n) is 10.2. The smallest absolute Gasteiger partial charge is 0.252 e. The number of hydrogen-bond donors (Lipinski definition) is 2. The maximum atomic E-state index is 12.0. The van der Waals surface area contributed by atoms with Crippen LogP contribution < -0.4 is 0 Å². The van der Waals surface area contributed by atoms with Gasteiger partial charge in [0, 0.05) is 49.9 Å². The Labute approximate surface area is 318 Å². The number of rotatable bonds is 5. The van der Waals surface area contributed by atoms with Crippen LogP contribution in [0.15, 0.2) is 121 Å². The maximum absolute atomic E-state index is 12.0. The molecule has 0 fully saturated rings. The minimum Gasteiger partial charge on any atom is -0.354 e. The largest absolute Gasteiger partial charge is 0.354 e. The highest BCUT2D eigenvalue weighted by Crippen LogP contribution is 2.38. The van der Waals surface area contributed by atoms with E-state index in [-0.39, 0.29) is 0 Å². The minimum atomic E-state index is -0.496. The molecule has 5 nitrogen and oxygen atoms in total. The Bertz CT molecular complexity index is 2800. The van der Waals surface area contributed by atoms with E-state index in [1.165, 1.54) is 16.7 Å². The van der Waals surface area contributed by atoms with Crippen molar-refractivity contribution in [3.63, 3.8) is 0 Å². The second-order valence-corrected chi connectivity index (χ2v) is 14.3. The van der Waals surface area contributed by atoms with Gasteiger partial charge in [0.2, 0.25) is 0 Å². The van der Waals surface area contributed by atoms with Gasteiger partial charge in [-0.25, -0.2) is 9.97 Å². The zero-order valence-electron chi connectivity index (χ0n) is 30.0. The van der Waals surface area contributed by atoms with E-state index in [1.54, 1.807) is 12.1 Å². The third kappa shape index (κ3) is 6.09. The van der Waals surface area contributed by atoms with Crippen molar-refractivity contribution in [2.75, 3.05) is 0 Å². The molecule has 5 heterocycles. The van der Waals surface area contributed by atoms with Gasteiger partial charge in [-0.15, -0.1) is 0 Å². The van der Waals surface area contributed by atoms with E-state index in [1.807, 2.05) is 12.1 Å². The molecule has 0 unspecified atom stereocenters. The highest BCUT2D eigenvalue weighted by molar-refractivity contribution is 6.67. The normalized spacial score (nSPS) is 12.0. The number of aryl methyl sites for hydroxylation is 3. The lowest BCUT2D eigenvalue weighted by molar-refractivity contribution is 0.108. The van der Waals surface area contributed by atoms with E-state index in [0.29, 0.717) is 5.56 Å². The summed E-state index contributed by atoms with van der Waals surface area (Å²) in [6.45, 7) is 6.30. The first-order valence-corrected chi connectivity index (χ1v) is 18.3. The number of aromatic amines is 2. The quantitative estimate of drug-likeness (QED) is 0.174. The van der Waals surface area contributed by atoms with Gasteiger partial charge >= 0.3 is 0 Å². The molecule has 0 saturated carbocycles. The number of halogens is 1. The van der Waals surface area contributed by atoms with Crippen LogP contribution in [0.1, 0.15) is 49.8 Å². The molecule has 260 valence electrons. The molecule has 0 amide bonds. The summed E-state index contributed by atoms with van der Waals surface area (Å²) >= 11 is 5.86. The Morgan fingerprint density at radius 1 is 0.407 bits per heavy atom. The number of aromatic nitrogens is 4. The molecule has 0 saturated heterocycles. The van der Waals surface area contributed by atoms with Gasteiger partial charge in [0.25, 0.3) is 5.24 Å². The van der Waals surface area contributed by atoms with Crippen LogP contribution in [-0.2, 0) is 0 Å². The summed E-state index contributed by atoms with van der Waals surface area (Å²) in [7, 11) is 0. The molecule has 7 aromatic rings. The van der Waals surface area contributed by atoms with Crippen molar-refractivity contribution in [3.05, 3.63) is 166 Å². The van der Waals surface area contributed by atoms with Gasteiger partial charge in [0.1, 0.15) is 0 Å². The second-order valence-electron chi connectivity index (χ2n) is 14.0. The van der Waals surface area contributed by atoms with Gasteiger partial charge in [-0.05, 0) is 115 Å². The van der Waals surface area contributed by atoms with Gasteiger partial charge in [-0.2, -0.15) is 0 Å². The summed E-state index contributed by atoms with van der Waals surface area (Å²) < 4.78 is 0. The lowest BCUT2D eigenvalue weighted by atomic mass is 10.0. The van der Waals surface area contributed by atoms with Crippen LogP contribution in [-0.4, -0.2) is 25.2 Å². The van der Waals surface area contributed by atoms with Crippen LogP contribution in [0.5, 0.6) is 0 Å². The summed E-state index contributed by atoms with van der Waals surface area (Å²) in [5.74, 6) is 0. The average Bonchev–Trinajstić information content (AvgIpc) is 4.02. The fourth-order valence-corrected chi connectivity index (χ4v) is 7.47. The summed E-state index contributed by atoms with van der Waals surface area (Å²) in [5.41, 5.74) is 19.1. The fourth-order valence-electron chi connectivity index (χ4n) is 7.35. The monoisotopic (exact) mass is 718 g/mol. The molecule has 8 bridgehead atoms. The van der Waals surface area contributed by atoms with Crippen molar-refractivity contribution < 1.29 is 4.79 Å². The summed E-state index contributed by atoms with van der Waals surface area (Å²) in [6.07, 6.45) is 8.39. The third-order valence-corrected chi connectivity index (χ3v) is 10.4. The van der Waals surface area contributed by atoms with E-state index in [9.17, 15) is 4.79 Å². The molecule has 54 heavy (non-hydrogen) atoms. The Hall–Kier alpha value is -6.56. The highest BCUT2D eigenvalue weighted by Gasteiger charge is 2.19. The Morgan fingerprint density at radius 2 is 0.667 bits per heavy atom. The van der Waals surface area contributed by atoms with Gasteiger partial charge in [-0.3, -0.25) is 4.79 Å². The predicted octanol–water partition coefficient (Wildman–Crippen LogP) is 12.6.